The highest BCUT2D eigenvalue weighted by molar-refractivity contribution is 5.95. The zero-order valence-corrected chi connectivity index (χ0v) is 10.4. The van der Waals surface area contributed by atoms with E-state index in [1.54, 1.807) is 12.1 Å². The van der Waals surface area contributed by atoms with Crippen molar-refractivity contribution in [2.75, 3.05) is 10.6 Å². The Bertz CT molecular complexity index is 552. The molecule has 0 bridgehead atoms. The summed E-state index contributed by atoms with van der Waals surface area (Å²) < 4.78 is 0. The number of carbonyl (C=O) groups is 1. The number of nitro benzene ring substituents is 1. The van der Waals surface area contributed by atoms with Crippen molar-refractivity contribution >= 4 is 23.0 Å². The summed E-state index contributed by atoms with van der Waals surface area (Å²) >= 11 is 0. The molecule has 19 heavy (non-hydrogen) atoms. The fraction of sp³-hybridized carbons (Fsp3) is 0.462. The van der Waals surface area contributed by atoms with Gasteiger partial charge in [-0.1, -0.05) is 0 Å². The molecule has 2 N–H and O–H groups in total. The van der Waals surface area contributed by atoms with Gasteiger partial charge in [-0.2, -0.15) is 0 Å². The Kier molecular flexibility index (Phi) is 2.85. The molecule has 6 nitrogen and oxygen atoms in total. The lowest BCUT2D eigenvalue weighted by Gasteiger charge is -2.28. The van der Waals surface area contributed by atoms with Crippen molar-refractivity contribution < 1.29 is 9.72 Å². The number of amides is 1. The molecule has 1 aliphatic heterocycles. The van der Waals surface area contributed by atoms with Crippen LogP contribution in [0.25, 0.3) is 0 Å². The van der Waals surface area contributed by atoms with Gasteiger partial charge in [-0.3, -0.25) is 14.9 Å². The Morgan fingerprint density at radius 1 is 1.32 bits per heavy atom. The molecule has 0 saturated heterocycles. The number of benzene rings is 1. The van der Waals surface area contributed by atoms with Crippen LogP contribution in [0.5, 0.6) is 0 Å². The second-order valence-corrected chi connectivity index (χ2v) is 5.10. The first-order chi connectivity index (χ1) is 9.13. The molecular weight excluding hydrogens is 246 g/mol. The number of nitro groups is 1. The van der Waals surface area contributed by atoms with Crippen LogP contribution >= 0.6 is 0 Å². The van der Waals surface area contributed by atoms with Gasteiger partial charge >= 0.3 is 0 Å². The minimum atomic E-state index is -0.363. The average Bonchev–Trinajstić information content (AvgIpc) is 2.32. The van der Waals surface area contributed by atoms with E-state index in [9.17, 15) is 14.9 Å². The van der Waals surface area contributed by atoms with E-state index in [2.05, 4.69) is 10.6 Å². The molecular formula is C13H15N3O3. The van der Waals surface area contributed by atoms with E-state index < -0.39 is 0 Å². The van der Waals surface area contributed by atoms with Crippen LogP contribution in [0.15, 0.2) is 12.1 Å². The largest absolute Gasteiger partial charge is 0.377 e. The van der Waals surface area contributed by atoms with E-state index in [0.29, 0.717) is 30.3 Å². The van der Waals surface area contributed by atoms with Crippen LogP contribution in [0.4, 0.5) is 17.1 Å². The highest BCUT2D eigenvalue weighted by atomic mass is 16.6. The van der Waals surface area contributed by atoms with Crippen molar-refractivity contribution in [2.24, 2.45) is 0 Å². The fourth-order valence-electron chi connectivity index (χ4n) is 2.45. The van der Waals surface area contributed by atoms with Crippen LogP contribution in [-0.2, 0) is 11.2 Å². The lowest BCUT2D eigenvalue weighted by Crippen LogP contribution is -2.28. The van der Waals surface area contributed by atoms with E-state index in [1.165, 1.54) is 0 Å². The summed E-state index contributed by atoms with van der Waals surface area (Å²) in [6.07, 6.45) is 4.19. The topological polar surface area (TPSA) is 84.3 Å². The Balaban J connectivity index is 1.97. The van der Waals surface area contributed by atoms with Gasteiger partial charge in [0, 0.05) is 24.2 Å². The Hall–Kier alpha value is -2.11. The molecule has 1 saturated carbocycles. The smallest absolute Gasteiger partial charge is 0.292 e. The maximum Gasteiger partial charge on any atom is 0.292 e. The van der Waals surface area contributed by atoms with E-state index in [4.69, 9.17) is 0 Å². The summed E-state index contributed by atoms with van der Waals surface area (Å²) in [5, 5.41) is 17.1. The molecule has 0 unspecified atom stereocenters. The lowest BCUT2D eigenvalue weighted by molar-refractivity contribution is -0.384. The van der Waals surface area contributed by atoms with Crippen molar-refractivity contribution in [2.45, 2.75) is 38.1 Å². The van der Waals surface area contributed by atoms with Crippen LogP contribution < -0.4 is 10.6 Å². The van der Waals surface area contributed by atoms with Crippen LogP contribution in [0.2, 0.25) is 0 Å². The first-order valence-electron chi connectivity index (χ1n) is 6.51. The van der Waals surface area contributed by atoms with Gasteiger partial charge in [0.25, 0.3) is 5.69 Å². The highest BCUT2D eigenvalue weighted by Crippen LogP contribution is 2.36. The number of hydrogen-bond donors (Lipinski definition) is 2. The van der Waals surface area contributed by atoms with Gasteiger partial charge in [0.1, 0.15) is 5.69 Å². The van der Waals surface area contributed by atoms with Gasteiger partial charge in [0.15, 0.2) is 0 Å². The zero-order valence-electron chi connectivity index (χ0n) is 10.4. The number of nitrogens with one attached hydrogen (secondary N) is 2. The quantitative estimate of drug-likeness (QED) is 0.646. The molecule has 0 radical (unpaired) electrons. The molecule has 1 amide bonds. The SMILES string of the molecule is O=C1CCc2cc([N+](=O)[O-])c(NC3CCC3)cc2N1. The van der Waals surface area contributed by atoms with Crippen LogP contribution in [0, 0.1) is 10.1 Å². The average molecular weight is 261 g/mol. The third kappa shape index (κ3) is 2.25. The van der Waals surface area contributed by atoms with Crippen molar-refractivity contribution in [1.82, 2.24) is 0 Å². The molecule has 1 aromatic rings. The van der Waals surface area contributed by atoms with Gasteiger partial charge in [-0.25, -0.2) is 0 Å². The van der Waals surface area contributed by atoms with Gasteiger partial charge < -0.3 is 10.6 Å². The zero-order chi connectivity index (χ0) is 13.4. The summed E-state index contributed by atoms with van der Waals surface area (Å²) in [6.45, 7) is 0. The number of rotatable bonds is 3. The van der Waals surface area contributed by atoms with E-state index >= 15 is 0 Å². The number of fused-ring (bicyclic) bond motifs is 1. The number of aryl methyl sites for hydroxylation is 1. The van der Waals surface area contributed by atoms with Crippen LogP contribution in [0.1, 0.15) is 31.2 Å². The van der Waals surface area contributed by atoms with E-state index in [-0.39, 0.29) is 16.5 Å². The molecule has 2 aliphatic rings. The second-order valence-electron chi connectivity index (χ2n) is 5.10. The summed E-state index contributed by atoms with van der Waals surface area (Å²) in [5.74, 6) is -0.0315. The van der Waals surface area contributed by atoms with Gasteiger partial charge in [0.05, 0.1) is 4.92 Å². The molecule has 1 aromatic carbocycles. The van der Waals surface area contributed by atoms with Gasteiger partial charge in [-0.05, 0) is 37.3 Å². The Morgan fingerprint density at radius 3 is 2.74 bits per heavy atom. The van der Waals surface area contributed by atoms with Crippen LogP contribution in [-0.4, -0.2) is 16.9 Å². The summed E-state index contributed by atoms with van der Waals surface area (Å²) in [6, 6.07) is 3.59. The van der Waals surface area contributed by atoms with Crippen LogP contribution in [0.3, 0.4) is 0 Å². The summed E-state index contributed by atoms with van der Waals surface area (Å²) in [7, 11) is 0. The lowest BCUT2D eigenvalue weighted by atomic mass is 9.92. The molecule has 1 heterocycles. The number of carbonyl (C=O) groups excluding carboxylic acids is 1. The van der Waals surface area contributed by atoms with Gasteiger partial charge in [-0.15, -0.1) is 0 Å². The third-order valence-corrected chi connectivity index (χ3v) is 3.78. The Labute approximate surface area is 110 Å². The molecule has 0 aromatic heterocycles. The summed E-state index contributed by atoms with van der Waals surface area (Å²) in [4.78, 5) is 22.2. The predicted molar refractivity (Wildman–Crippen MR) is 71.3 cm³/mol. The first-order valence-corrected chi connectivity index (χ1v) is 6.51. The predicted octanol–water partition coefficient (Wildman–Crippen LogP) is 2.44. The van der Waals surface area contributed by atoms with Crippen molar-refractivity contribution in [3.8, 4) is 0 Å². The maximum atomic E-state index is 11.4. The maximum absolute atomic E-state index is 11.4. The molecule has 100 valence electrons. The first kappa shape index (κ1) is 12.0. The second kappa shape index (κ2) is 4.53. The standard InChI is InChI=1S/C13H15N3O3/c17-13-5-4-8-6-12(16(18)19)11(7-10(8)15-13)14-9-2-1-3-9/h6-7,9,14H,1-5H2,(H,15,17). The van der Waals surface area contributed by atoms with Crippen molar-refractivity contribution in [1.29, 1.82) is 0 Å². The highest BCUT2D eigenvalue weighted by Gasteiger charge is 2.25. The minimum Gasteiger partial charge on any atom is -0.377 e. The molecule has 0 atom stereocenters. The monoisotopic (exact) mass is 261 g/mol. The molecule has 1 fully saturated rings. The number of nitrogens with zero attached hydrogens (tertiary/aromatic N) is 1. The Morgan fingerprint density at radius 2 is 2.11 bits per heavy atom. The molecule has 0 spiro atoms. The van der Waals surface area contributed by atoms with E-state index in [1.807, 2.05) is 0 Å². The fourth-order valence-corrected chi connectivity index (χ4v) is 2.45. The normalized spacial score (nSPS) is 18.2. The molecule has 6 heteroatoms. The van der Waals surface area contributed by atoms with Crippen molar-refractivity contribution in [3.63, 3.8) is 0 Å². The number of anilines is 2. The summed E-state index contributed by atoms with van der Waals surface area (Å²) in [5.41, 5.74) is 2.14. The van der Waals surface area contributed by atoms with Crippen molar-refractivity contribution in [3.05, 3.63) is 27.8 Å². The number of hydrogen-bond acceptors (Lipinski definition) is 4. The minimum absolute atomic E-state index is 0.0315. The molecule has 3 rings (SSSR count). The third-order valence-electron chi connectivity index (χ3n) is 3.78. The van der Waals surface area contributed by atoms with Gasteiger partial charge in [0.2, 0.25) is 5.91 Å². The molecule has 1 aliphatic carbocycles. The van der Waals surface area contributed by atoms with E-state index in [0.717, 1.165) is 24.8 Å².